The largest absolute Gasteiger partial charge is 0.444 e. The molecule has 0 N–H and O–H groups in total. The molecule has 1 fully saturated rings. The maximum absolute atomic E-state index is 12.2. The molecule has 1 heterocycles. The lowest BCUT2D eigenvalue weighted by atomic mass is 10.2. The van der Waals surface area contributed by atoms with Crippen LogP contribution in [-0.4, -0.2) is 79.9 Å². The fourth-order valence-corrected chi connectivity index (χ4v) is 2.66. The number of piperazine rings is 1. The van der Waals surface area contributed by atoms with Crippen molar-refractivity contribution in [2.45, 2.75) is 40.2 Å². The van der Waals surface area contributed by atoms with Gasteiger partial charge >= 0.3 is 6.09 Å². The van der Waals surface area contributed by atoms with Gasteiger partial charge in [-0.05, 0) is 40.7 Å². The molecule has 1 aliphatic rings. The summed E-state index contributed by atoms with van der Waals surface area (Å²) in [5, 5.41) is 0. The second kappa shape index (κ2) is 9.70. The molecule has 1 rings (SSSR count). The third kappa shape index (κ3) is 6.98. The third-order valence-corrected chi connectivity index (χ3v) is 4.17. The van der Waals surface area contributed by atoms with E-state index >= 15 is 0 Å². The lowest BCUT2D eigenvalue weighted by Gasteiger charge is -2.38. The van der Waals surface area contributed by atoms with Crippen molar-refractivity contribution in [1.29, 1.82) is 0 Å². The summed E-state index contributed by atoms with van der Waals surface area (Å²) in [7, 11) is 3.80. The molecule has 0 aromatic heterocycles. The average molecular weight is 354 g/mol. The number of hydrogen-bond acceptors (Lipinski definition) is 5. The molecular formula is C19H35N3O3. The Labute approximate surface area is 153 Å². The minimum absolute atomic E-state index is 0.224. The highest BCUT2D eigenvalue weighted by Crippen LogP contribution is 2.19. The van der Waals surface area contributed by atoms with Crippen LogP contribution in [-0.2, 0) is 9.47 Å². The molecule has 0 bridgehead atoms. The molecule has 0 aliphatic carbocycles. The van der Waals surface area contributed by atoms with E-state index in [1.54, 1.807) is 12.0 Å². The molecule has 0 spiro atoms. The zero-order valence-corrected chi connectivity index (χ0v) is 17.0. The van der Waals surface area contributed by atoms with Gasteiger partial charge in [-0.1, -0.05) is 6.08 Å². The number of amides is 1. The fourth-order valence-electron chi connectivity index (χ4n) is 2.66. The van der Waals surface area contributed by atoms with E-state index < -0.39 is 5.60 Å². The van der Waals surface area contributed by atoms with Crippen LogP contribution in [0.3, 0.4) is 0 Å². The van der Waals surface area contributed by atoms with Crippen LogP contribution in [0.25, 0.3) is 0 Å². The lowest BCUT2D eigenvalue weighted by Crippen LogP contribution is -2.49. The van der Waals surface area contributed by atoms with Crippen LogP contribution in [0.2, 0.25) is 0 Å². The first-order chi connectivity index (χ1) is 11.7. The number of rotatable bonds is 6. The van der Waals surface area contributed by atoms with Gasteiger partial charge in [0.05, 0.1) is 12.3 Å². The molecule has 0 radical (unpaired) electrons. The molecule has 6 nitrogen and oxygen atoms in total. The minimum Gasteiger partial charge on any atom is -0.444 e. The first-order valence-corrected chi connectivity index (χ1v) is 8.96. The summed E-state index contributed by atoms with van der Waals surface area (Å²) in [6.07, 6.45) is 3.98. The number of carbonyl (C=O) groups excluding carboxylic acids is 1. The van der Waals surface area contributed by atoms with E-state index in [1.807, 2.05) is 27.7 Å². The first-order valence-electron chi connectivity index (χ1n) is 8.96. The Kier molecular flexibility index (Phi) is 8.29. The summed E-state index contributed by atoms with van der Waals surface area (Å²) in [6.45, 7) is 14.3. The van der Waals surface area contributed by atoms with E-state index in [-0.39, 0.29) is 6.09 Å². The van der Waals surface area contributed by atoms with E-state index in [2.05, 4.69) is 35.9 Å². The molecule has 0 aromatic carbocycles. The van der Waals surface area contributed by atoms with Crippen molar-refractivity contribution in [2.24, 2.45) is 0 Å². The van der Waals surface area contributed by atoms with Gasteiger partial charge in [0.15, 0.2) is 0 Å². The predicted octanol–water partition coefficient (Wildman–Crippen LogP) is 2.92. The molecule has 0 atom stereocenters. The zero-order valence-electron chi connectivity index (χ0n) is 17.0. The molecule has 6 heteroatoms. The minimum atomic E-state index is -0.453. The number of likely N-dealkylation sites (N-methyl/N-ethyl adjacent to an activating group) is 1. The van der Waals surface area contributed by atoms with Gasteiger partial charge in [0.2, 0.25) is 0 Å². The van der Waals surface area contributed by atoms with Gasteiger partial charge in [0, 0.05) is 52.6 Å². The number of carbonyl (C=O) groups is 1. The van der Waals surface area contributed by atoms with E-state index in [0.29, 0.717) is 19.7 Å². The second-order valence-electron chi connectivity index (χ2n) is 7.34. The Bertz CT molecular complexity index is 487. The highest BCUT2D eigenvalue weighted by molar-refractivity contribution is 5.68. The van der Waals surface area contributed by atoms with Crippen LogP contribution >= 0.6 is 0 Å². The highest BCUT2D eigenvalue weighted by atomic mass is 16.6. The fraction of sp³-hybridized carbons (Fsp3) is 0.737. The smallest absolute Gasteiger partial charge is 0.410 e. The summed E-state index contributed by atoms with van der Waals surface area (Å²) in [5.41, 5.74) is 1.95. The maximum Gasteiger partial charge on any atom is 0.410 e. The zero-order chi connectivity index (χ0) is 19.0. The Morgan fingerprint density at radius 1 is 1.16 bits per heavy atom. The molecule has 0 unspecified atom stereocenters. The highest BCUT2D eigenvalue weighted by Gasteiger charge is 2.26. The third-order valence-electron chi connectivity index (χ3n) is 4.17. The van der Waals surface area contributed by atoms with Crippen molar-refractivity contribution < 1.29 is 14.3 Å². The molecule has 0 aromatic rings. The van der Waals surface area contributed by atoms with Gasteiger partial charge in [-0.25, -0.2) is 4.79 Å². The summed E-state index contributed by atoms with van der Waals surface area (Å²) in [4.78, 5) is 18.5. The molecule has 25 heavy (non-hydrogen) atoms. The molecule has 0 saturated carbocycles. The van der Waals surface area contributed by atoms with Gasteiger partial charge < -0.3 is 24.2 Å². The predicted molar refractivity (Wildman–Crippen MR) is 101 cm³/mol. The van der Waals surface area contributed by atoms with Crippen LogP contribution in [0.5, 0.6) is 0 Å². The van der Waals surface area contributed by atoms with Gasteiger partial charge in [-0.3, -0.25) is 0 Å². The Morgan fingerprint density at radius 3 is 2.20 bits per heavy atom. The first kappa shape index (κ1) is 21.4. The summed E-state index contributed by atoms with van der Waals surface area (Å²) < 4.78 is 10.6. The van der Waals surface area contributed by atoms with Gasteiger partial charge in [-0.2, -0.15) is 0 Å². The number of hydrogen-bond donors (Lipinski definition) is 0. The number of allylic oxidation sites excluding steroid dienone is 3. The van der Waals surface area contributed by atoms with E-state index in [0.717, 1.165) is 19.6 Å². The van der Waals surface area contributed by atoms with Crippen LogP contribution < -0.4 is 0 Å². The number of nitrogens with zero attached hydrogens (tertiary/aromatic N) is 3. The molecule has 144 valence electrons. The van der Waals surface area contributed by atoms with Crippen LogP contribution in [0.1, 0.15) is 34.6 Å². The topological polar surface area (TPSA) is 45.2 Å². The van der Waals surface area contributed by atoms with Gasteiger partial charge in [0.1, 0.15) is 5.60 Å². The Balaban J connectivity index is 2.75. The average Bonchev–Trinajstić information content (AvgIpc) is 2.55. The van der Waals surface area contributed by atoms with E-state index in [1.165, 1.54) is 11.4 Å². The van der Waals surface area contributed by atoms with Gasteiger partial charge in [-0.15, -0.1) is 0 Å². The van der Waals surface area contributed by atoms with Crippen molar-refractivity contribution in [3.8, 4) is 0 Å². The van der Waals surface area contributed by atoms with Crippen LogP contribution in [0.4, 0.5) is 4.79 Å². The SMILES string of the molecule is CC=CC(=C(C)N(C)CCOC)N1CCN(C(=O)OC(C)(C)C)CC1. The second-order valence-corrected chi connectivity index (χ2v) is 7.34. The standard InChI is InChI=1S/C19H35N3O3/c1-8-9-17(16(2)20(6)14-15-24-7)21-10-12-22(13-11-21)18(23)25-19(3,4)5/h8-9H,10-15H2,1-7H3. The number of ether oxygens (including phenoxy) is 2. The van der Waals surface area contributed by atoms with E-state index in [4.69, 9.17) is 9.47 Å². The van der Waals surface area contributed by atoms with E-state index in [9.17, 15) is 4.79 Å². The molecular weight excluding hydrogens is 318 g/mol. The Morgan fingerprint density at radius 2 is 1.72 bits per heavy atom. The maximum atomic E-state index is 12.2. The van der Waals surface area contributed by atoms with Crippen molar-refractivity contribution >= 4 is 6.09 Å². The van der Waals surface area contributed by atoms with Crippen LogP contribution in [0, 0.1) is 0 Å². The molecule has 1 amide bonds. The van der Waals surface area contributed by atoms with Crippen molar-refractivity contribution in [1.82, 2.24) is 14.7 Å². The summed E-state index contributed by atoms with van der Waals surface area (Å²) >= 11 is 0. The quantitative estimate of drug-likeness (QED) is 0.687. The Hall–Kier alpha value is -1.69. The lowest BCUT2D eigenvalue weighted by molar-refractivity contribution is 0.0169. The van der Waals surface area contributed by atoms with Crippen molar-refractivity contribution in [2.75, 3.05) is 53.5 Å². The van der Waals surface area contributed by atoms with Crippen molar-refractivity contribution in [3.05, 3.63) is 23.5 Å². The summed E-state index contributed by atoms with van der Waals surface area (Å²) in [6, 6.07) is 0. The molecule has 1 saturated heterocycles. The summed E-state index contributed by atoms with van der Waals surface area (Å²) in [5.74, 6) is 0. The van der Waals surface area contributed by atoms with Crippen LogP contribution in [0.15, 0.2) is 23.5 Å². The monoisotopic (exact) mass is 353 g/mol. The number of methoxy groups -OCH3 is 1. The normalized spacial score (nSPS) is 16.9. The van der Waals surface area contributed by atoms with Crippen molar-refractivity contribution in [3.63, 3.8) is 0 Å². The molecule has 1 aliphatic heterocycles. The van der Waals surface area contributed by atoms with Gasteiger partial charge in [0.25, 0.3) is 0 Å².